The molecule has 0 saturated heterocycles. The van der Waals surface area contributed by atoms with Crippen LogP contribution in [0.4, 0.5) is 0 Å². The third-order valence-electron chi connectivity index (χ3n) is 2.13. The average Bonchev–Trinajstić information content (AvgIpc) is 2.17. The molecule has 1 rings (SSSR count). The molecule has 0 saturated carbocycles. The van der Waals surface area contributed by atoms with Crippen molar-refractivity contribution in [3.05, 3.63) is 34.3 Å². The molecule has 0 bridgehead atoms. The molecular weight excluding hydrogens is 228 g/mol. The molecule has 0 heterocycles. The molecule has 1 aromatic rings. The molecule has 0 aromatic heterocycles. The number of hydrogen-bond acceptors (Lipinski definition) is 2. The van der Waals surface area contributed by atoms with Crippen molar-refractivity contribution >= 4 is 15.9 Å². The molecule has 0 spiro atoms. The van der Waals surface area contributed by atoms with Gasteiger partial charge in [-0.3, -0.25) is 0 Å². The van der Waals surface area contributed by atoms with Crippen molar-refractivity contribution in [2.45, 2.75) is 6.42 Å². The maximum atomic E-state index is 5.59. The molecule has 0 unspecified atom stereocenters. The highest BCUT2D eigenvalue weighted by Crippen LogP contribution is 2.18. The van der Waals surface area contributed by atoms with E-state index in [9.17, 15) is 0 Å². The van der Waals surface area contributed by atoms with Gasteiger partial charge in [-0.25, -0.2) is 0 Å². The van der Waals surface area contributed by atoms with Gasteiger partial charge in [-0.2, -0.15) is 0 Å². The minimum atomic E-state index is 0.388. The van der Waals surface area contributed by atoms with Crippen molar-refractivity contribution in [2.75, 3.05) is 13.1 Å². The summed E-state index contributed by atoms with van der Waals surface area (Å²) in [7, 11) is 0. The van der Waals surface area contributed by atoms with E-state index in [1.54, 1.807) is 0 Å². The lowest BCUT2D eigenvalue weighted by Gasteiger charge is -2.12. The quantitative estimate of drug-likeness (QED) is 0.842. The summed E-state index contributed by atoms with van der Waals surface area (Å²) in [5.74, 6) is 0.388. The predicted molar refractivity (Wildman–Crippen MR) is 59.4 cm³/mol. The van der Waals surface area contributed by atoms with Gasteiger partial charge in [0.15, 0.2) is 0 Å². The number of hydrogen-bond donors (Lipinski definition) is 2. The van der Waals surface area contributed by atoms with Crippen molar-refractivity contribution in [3.8, 4) is 0 Å². The summed E-state index contributed by atoms with van der Waals surface area (Å²) >= 11 is 3.50. The van der Waals surface area contributed by atoms with Gasteiger partial charge in [0, 0.05) is 4.47 Å². The van der Waals surface area contributed by atoms with Crippen molar-refractivity contribution in [1.82, 2.24) is 0 Å². The van der Waals surface area contributed by atoms with Gasteiger partial charge in [0.25, 0.3) is 0 Å². The smallest absolute Gasteiger partial charge is 0.0207 e. The Bertz CT molecular complexity index is 259. The van der Waals surface area contributed by atoms with E-state index in [-0.39, 0.29) is 0 Å². The van der Waals surface area contributed by atoms with Gasteiger partial charge < -0.3 is 11.5 Å². The van der Waals surface area contributed by atoms with Gasteiger partial charge in [-0.1, -0.05) is 34.1 Å². The molecule has 72 valence electrons. The fraction of sp³-hybridized carbons (Fsp3) is 0.400. The van der Waals surface area contributed by atoms with Crippen LogP contribution in [0.3, 0.4) is 0 Å². The first-order valence-corrected chi connectivity index (χ1v) is 5.20. The molecular formula is C10H15BrN2. The number of halogens is 1. The lowest BCUT2D eigenvalue weighted by atomic mass is 10.00. The molecule has 0 aliphatic rings. The van der Waals surface area contributed by atoms with Gasteiger partial charge in [-0.15, -0.1) is 0 Å². The first-order chi connectivity index (χ1) is 6.27. The van der Waals surface area contributed by atoms with Crippen LogP contribution in [0.5, 0.6) is 0 Å². The third-order valence-corrected chi connectivity index (χ3v) is 2.91. The molecule has 13 heavy (non-hydrogen) atoms. The highest BCUT2D eigenvalue weighted by molar-refractivity contribution is 9.10. The summed E-state index contributed by atoms with van der Waals surface area (Å²) in [4.78, 5) is 0. The van der Waals surface area contributed by atoms with Crippen LogP contribution in [-0.4, -0.2) is 13.1 Å². The van der Waals surface area contributed by atoms with Crippen molar-refractivity contribution in [3.63, 3.8) is 0 Å². The summed E-state index contributed by atoms with van der Waals surface area (Å²) in [6, 6.07) is 8.18. The number of nitrogens with two attached hydrogens (primary N) is 2. The lowest BCUT2D eigenvalue weighted by Crippen LogP contribution is -2.25. The van der Waals surface area contributed by atoms with Crippen LogP contribution >= 0.6 is 15.9 Å². The Morgan fingerprint density at radius 1 is 1.15 bits per heavy atom. The van der Waals surface area contributed by atoms with E-state index in [0.29, 0.717) is 19.0 Å². The van der Waals surface area contributed by atoms with E-state index >= 15 is 0 Å². The fourth-order valence-electron chi connectivity index (χ4n) is 1.24. The van der Waals surface area contributed by atoms with E-state index in [1.165, 1.54) is 5.56 Å². The van der Waals surface area contributed by atoms with Crippen LogP contribution in [0.2, 0.25) is 0 Å². The van der Waals surface area contributed by atoms with Crippen molar-refractivity contribution < 1.29 is 0 Å². The second kappa shape index (κ2) is 5.37. The van der Waals surface area contributed by atoms with Gasteiger partial charge in [0.2, 0.25) is 0 Å². The Morgan fingerprint density at radius 3 is 2.31 bits per heavy atom. The van der Waals surface area contributed by atoms with Gasteiger partial charge in [0.1, 0.15) is 0 Å². The molecule has 0 amide bonds. The fourth-order valence-corrected chi connectivity index (χ4v) is 1.68. The minimum absolute atomic E-state index is 0.388. The van der Waals surface area contributed by atoms with E-state index < -0.39 is 0 Å². The van der Waals surface area contributed by atoms with Gasteiger partial charge in [0.05, 0.1) is 0 Å². The summed E-state index contributed by atoms with van der Waals surface area (Å²) in [6.07, 6.45) is 0.953. The number of benzene rings is 1. The van der Waals surface area contributed by atoms with E-state index in [0.717, 1.165) is 10.9 Å². The Hall–Kier alpha value is -0.380. The summed E-state index contributed by atoms with van der Waals surface area (Å²) in [6.45, 7) is 1.30. The Labute approximate surface area is 87.4 Å². The molecule has 0 fully saturated rings. The SMILES string of the molecule is NCC(CN)Cc1ccccc1Br. The molecule has 1 aromatic carbocycles. The van der Waals surface area contributed by atoms with Crippen molar-refractivity contribution in [1.29, 1.82) is 0 Å². The van der Waals surface area contributed by atoms with Gasteiger partial charge in [-0.05, 0) is 37.1 Å². The topological polar surface area (TPSA) is 52.0 Å². The molecule has 4 N–H and O–H groups in total. The zero-order valence-corrected chi connectivity index (χ0v) is 9.13. The normalized spacial score (nSPS) is 10.8. The monoisotopic (exact) mass is 242 g/mol. The van der Waals surface area contributed by atoms with E-state index in [2.05, 4.69) is 22.0 Å². The molecule has 2 nitrogen and oxygen atoms in total. The highest BCUT2D eigenvalue weighted by atomic mass is 79.9. The molecule has 0 aliphatic carbocycles. The summed E-state index contributed by atoms with van der Waals surface area (Å²) in [5.41, 5.74) is 12.5. The second-order valence-electron chi connectivity index (χ2n) is 3.13. The molecule has 0 radical (unpaired) electrons. The first-order valence-electron chi connectivity index (χ1n) is 4.41. The van der Waals surface area contributed by atoms with Gasteiger partial charge >= 0.3 is 0 Å². The van der Waals surface area contributed by atoms with Crippen LogP contribution in [0.25, 0.3) is 0 Å². The van der Waals surface area contributed by atoms with Crippen LogP contribution in [0.1, 0.15) is 5.56 Å². The zero-order chi connectivity index (χ0) is 9.68. The van der Waals surface area contributed by atoms with Crippen molar-refractivity contribution in [2.24, 2.45) is 17.4 Å². The van der Waals surface area contributed by atoms with E-state index in [1.807, 2.05) is 18.2 Å². The van der Waals surface area contributed by atoms with E-state index in [4.69, 9.17) is 11.5 Å². The molecule has 0 atom stereocenters. The zero-order valence-electron chi connectivity index (χ0n) is 7.54. The first kappa shape index (κ1) is 10.7. The molecule has 0 aliphatic heterocycles. The average molecular weight is 243 g/mol. The van der Waals surface area contributed by atoms with Crippen LogP contribution in [0, 0.1) is 5.92 Å². The third kappa shape index (κ3) is 3.10. The molecule has 3 heteroatoms. The summed E-state index contributed by atoms with van der Waals surface area (Å²) < 4.78 is 1.14. The number of rotatable bonds is 4. The summed E-state index contributed by atoms with van der Waals surface area (Å²) in [5, 5.41) is 0. The van der Waals surface area contributed by atoms with Crippen LogP contribution < -0.4 is 11.5 Å². The van der Waals surface area contributed by atoms with Crippen LogP contribution in [-0.2, 0) is 6.42 Å². The lowest BCUT2D eigenvalue weighted by molar-refractivity contribution is 0.547. The second-order valence-corrected chi connectivity index (χ2v) is 3.99. The Balaban J connectivity index is 2.67. The Kier molecular flexibility index (Phi) is 4.42. The Morgan fingerprint density at radius 2 is 1.77 bits per heavy atom. The maximum absolute atomic E-state index is 5.59. The maximum Gasteiger partial charge on any atom is 0.0207 e. The highest BCUT2D eigenvalue weighted by Gasteiger charge is 2.07. The largest absolute Gasteiger partial charge is 0.330 e. The van der Waals surface area contributed by atoms with Crippen LogP contribution in [0.15, 0.2) is 28.7 Å². The predicted octanol–water partition coefficient (Wildman–Crippen LogP) is 1.53. The standard InChI is InChI=1S/C10H15BrN2/c11-10-4-2-1-3-9(10)5-8(6-12)7-13/h1-4,8H,5-7,12-13H2. The minimum Gasteiger partial charge on any atom is -0.330 e.